The van der Waals surface area contributed by atoms with Crippen molar-refractivity contribution in [3.05, 3.63) is 36.5 Å². The molecule has 0 aromatic carbocycles. The average Bonchev–Trinajstić information content (AvgIpc) is 3.27. The molecule has 0 saturated carbocycles. The normalized spacial score (nSPS) is 19.5. The molecule has 0 unspecified atom stereocenters. The van der Waals surface area contributed by atoms with E-state index >= 15 is 0 Å². The molecule has 4 heterocycles. The maximum absolute atomic E-state index is 11.1. The summed E-state index contributed by atoms with van der Waals surface area (Å²) in [7, 11) is 3.59. The lowest BCUT2D eigenvalue weighted by atomic mass is 9.98. The first kappa shape index (κ1) is 17.4. The molecule has 3 N–H and O–H groups in total. The van der Waals surface area contributed by atoms with Crippen LogP contribution in [-0.4, -0.2) is 45.9 Å². The van der Waals surface area contributed by atoms with Gasteiger partial charge in [0.2, 0.25) is 0 Å². The molecule has 3 aromatic rings. The smallest absolute Gasteiger partial charge is 0.317 e. The van der Waals surface area contributed by atoms with Gasteiger partial charge in [-0.2, -0.15) is 0 Å². The van der Waals surface area contributed by atoms with Crippen LogP contribution in [0.5, 0.6) is 0 Å². The zero-order chi connectivity index (χ0) is 19.0. The van der Waals surface area contributed by atoms with Crippen LogP contribution >= 0.6 is 0 Å². The van der Waals surface area contributed by atoms with Gasteiger partial charge in [-0.3, -0.25) is 10.3 Å². The van der Waals surface area contributed by atoms with Gasteiger partial charge in [-0.1, -0.05) is 0 Å². The van der Waals surface area contributed by atoms with Crippen molar-refractivity contribution in [2.75, 3.05) is 25.6 Å². The number of aromatic nitrogens is 4. The predicted octanol–water partition coefficient (Wildman–Crippen LogP) is 1.78. The third kappa shape index (κ3) is 3.00. The molecular formula is C18H20N6O3. The van der Waals surface area contributed by atoms with E-state index in [0.29, 0.717) is 24.7 Å². The van der Waals surface area contributed by atoms with Gasteiger partial charge in [-0.25, -0.2) is 14.8 Å². The molecule has 9 nitrogen and oxygen atoms in total. The highest BCUT2D eigenvalue weighted by Crippen LogP contribution is 2.35. The Labute approximate surface area is 155 Å². The van der Waals surface area contributed by atoms with E-state index in [1.807, 2.05) is 17.8 Å². The number of anilines is 1. The number of carbonyl (C=O) groups is 1. The monoisotopic (exact) mass is 368 g/mol. The number of rotatable bonds is 4. The van der Waals surface area contributed by atoms with Crippen LogP contribution in [0.15, 0.2) is 30.9 Å². The summed E-state index contributed by atoms with van der Waals surface area (Å²) in [6.07, 6.45) is 7.79. The molecule has 3 aromatic heterocycles. The van der Waals surface area contributed by atoms with Gasteiger partial charge in [-0.15, -0.1) is 0 Å². The number of pyridine rings is 1. The number of amides is 2. The van der Waals surface area contributed by atoms with Gasteiger partial charge in [0.25, 0.3) is 0 Å². The van der Waals surface area contributed by atoms with Crippen LogP contribution in [0.3, 0.4) is 0 Å². The quantitative estimate of drug-likeness (QED) is 0.725. The molecule has 140 valence electrons. The van der Waals surface area contributed by atoms with Crippen molar-refractivity contribution in [3.63, 3.8) is 0 Å². The van der Waals surface area contributed by atoms with Gasteiger partial charge < -0.3 is 19.8 Å². The number of nitrogens with zero attached hydrogens (tertiary/aromatic N) is 4. The minimum Gasteiger partial charge on any atom is -0.378 e. The average molecular weight is 368 g/mol. The minimum absolute atomic E-state index is 0.379. The van der Waals surface area contributed by atoms with E-state index in [1.54, 1.807) is 31.8 Å². The molecule has 0 radical (unpaired) electrons. The van der Waals surface area contributed by atoms with E-state index in [4.69, 9.17) is 20.2 Å². The zero-order valence-electron chi connectivity index (χ0n) is 15.1. The van der Waals surface area contributed by atoms with E-state index in [0.717, 1.165) is 28.6 Å². The third-order valence-corrected chi connectivity index (χ3v) is 4.88. The number of methoxy groups -OCH3 is 1. The molecule has 27 heavy (non-hydrogen) atoms. The highest BCUT2D eigenvalue weighted by atomic mass is 16.5. The van der Waals surface area contributed by atoms with Crippen LogP contribution in [0.25, 0.3) is 22.2 Å². The van der Waals surface area contributed by atoms with Crippen LogP contribution in [0.1, 0.15) is 12.1 Å². The first-order chi connectivity index (χ1) is 13.0. The van der Waals surface area contributed by atoms with Crippen LogP contribution in [-0.2, 0) is 22.1 Å². The van der Waals surface area contributed by atoms with Gasteiger partial charge in [0.15, 0.2) is 0 Å². The van der Waals surface area contributed by atoms with Crippen LogP contribution in [0.4, 0.5) is 10.6 Å². The molecule has 1 atom stereocenters. The fraction of sp³-hybridized carbons (Fsp3) is 0.333. The lowest BCUT2D eigenvalue weighted by molar-refractivity contribution is -0.0248. The topological polar surface area (TPSA) is 117 Å². The molecule has 0 bridgehead atoms. The summed E-state index contributed by atoms with van der Waals surface area (Å²) in [6, 6.07) is 1.11. The second-order valence-electron chi connectivity index (χ2n) is 6.52. The molecule has 0 spiro atoms. The Kier molecular flexibility index (Phi) is 4.25. The van der Waals surface area contributed by atoms with Crippen molar-refractivity contribution >= 4 is 22.8 Å². The molecule has 1 fully saturated rings. The standard InChI is InChI=1S/C18H20N6O3/c1-24-9-12(11-5-16(23-17(19)25)21-7-14(11)24)13-6-20-8-15(22-13)18(26-2)3-4-27-10-18/h5-9H,3-4,10H2,1-2H3,(H3,19,21,23,25)/t18-/m0/s1. The summed E-state index contributed by atoms with van der Waals surface area (Å²) >= 11 is 0. The Balaban J connectivity index is 1.82. The second-order valence-corrected chi connectivity index (χ2v) is 6.52. The number of carbonyl (C=O) groups excluding carboxylic acids is 1. The number of aryl methyl sites for hydroxylation is 1. The summed E-state index contributed by atoms with van der Waals surface area (Å²) in [4.78, 5) is 24.5. The van der Waals surface area contributed by atoms with Gasteiger partial charge >= 0.3 is 6.03 Å². The van der Waals surface area contributed by atoms with Crippen LogP contribution in [0, 0.1) is 0 Å². The maximum atomic E-state index is 11.1. The Bertz CT molecular complexity index is 1010. The van der Waals surface area contributed by atoms with E-state index in [-0.39, 0.29) is 0 Å². The molecule has 1 aliphatic heterocycles. The first-order valence-corrected chi connectivity index (χ1v) is 8.50. The number of nitrogens with two attached hydrogens (primary N) is 1. The second kappa shape index (κ2) is 6.60. The highest BCUT2D eigenvalue weighted by molar-refractivity contribution is 5.97. The number of fused-ring (bicyclic) bond motifs is 1. The summed E-state index contributed by atoms with van der Waals surface area (Å²) in [5.41, 5.74) is 7.84. The Morgan fingerprint density at radius 2 is 2.26 bits per heavy atom. The molecule has 4 rings (SSSR count). The fourth-order valence-electron chi connectivity index (χ4n) is 3.41. The van der Waals surface area contributed by atoms with E-state index in [9.17, 15) is 4.79 Å². The molecule has 1 aliphatic rings. The minimum atomic E-state index is -0.663. The maximum Gasteiger partial charge on any atom is 0.317 e. The van der Waals surface area contributed by atoms with E-state index in [2.05, 4.69) is 15.3 Å². The molecule has 1 saturated heterocycles. The summed E-state index contributed by atoms with van der Waals surface area (Å²) in [5.74, 6) is 0.379. The van der Waals surface area contributed by atoms with Gasteiger partial charge in [0, 0.05) is 44.3 Å². The molecule has 0 aliphatic carbocycles. The van der Waals surface area contributed by atoms with Crippen molar-refractivity contribution in [1.29, 1.82) is 0 Å². The van der Waals surface area contributed by atoms with Crippen molar-refractivity contribution < 1.29 is 14.3 Å². The number of nitrogens with one attached hydrogen (secondary N) is 1. The lowest BCUT2D eigenvalue weighted by Crippen LogP contribution is -2.30. The number of urea groups is 1. The highest BCUT2D eigenvalue weighted by Gasteiger charge is 2.38. The third-order valence-electron chi connectivity index (χ3n) is 4.88. The molecule has 9 heteroatoms. The Morgan fingerprint density at radius 3 is 2.96 bits per heavy atom. The molecular weight excluding hydrogens is 348 g/mol. The van der Waals surface area contributed by atoms with Gasteiger partial charge in [0.1, 0.15) is 11.4 Å². The summed E-state index contributed by atoms with van der Waals surface area (Å²) < 4.78 is 13.2. The van der Waals surface area contributed by atoms with E-state index < -0.39 is 11.6 Å². The van der Waals surface area contributed by atoms with Crippen molar-refractivity contribution in [2.45, 2.75) is 12.0 Å². The van der Waals surface area contributed by atoms with Gasteiger partial charge in [-0.05, 0) is 6.07 Å². The number of primary amides is 1. The first-order valence-electron chi connectivity index (χ1n) is 8.50. The summed E-state index contributed by atoms with van der Waals surface area (Å²) in [6.45, 7) is 1.08. The number of ether oxygens (including phenoxy) is 2. The molecule has 2 amide bonds. The Morgan fingerprint density at radius 1 is 1.41 bits per heavy atom. The largest absolute Gasteiger partial charge is 0.378 e. The SMILES string of the molecule is CO[C@@]1(c2cncc(-c3cn(C)c4cnc(NC(N)=O)cc34)n2)CCOC1. The van der Waals surface area contributed by atoms with Gasteiger partial charge in [0.05, 0.1) is 42.1 Å². The fourth-order valence-corrected chi connectivity index (χ4v) is 3.41. The number of hydrogen-bond donors (Lipinski definition) is 2. The van der Waals surface area contributed by atoms with Crippen molar-refractivity contribution in [2.24, 2.45) is 12.8 Å². The van der Waals surface area contributed by atoms with Crippen molar-refractivity contribution in [3.8, 4) is 11.3 Å². The zero-order valence-corrected chi connectivity index (χ0v) is 15.1. The lowest BCUT2D eigenvalue weighted by Gasteiger charge is -2.24. The Hall–Kier alpha value is -3.04. The number of hydrogen-bond acceptors (Lipinski definition) is 6. The van der Waals surface area contributed by atoms with Crippen LogP contribution < -0.4 is 11.1 Å². The van der Waals surface area contributed by atoms with E-state index in [1.165, 1.54) is 0 Å². The van der Waals surface area contributed by atoms with Crippen LogP contribution in [0.2, 0.25) is 0 Å². The summed E-state index contributed by atoms with van der Waals surface area (Å²) in [5, 5.41) is 3.39. The predicted molar refractivity (Wildman–Crippen MR) is 99.1 cm³/mol. The van der Waals surface area contributed by atoms with Crippen molar-refractivity contribution in [1.82, 2.24) is 19.5 Å².